The largest absolute Gasteiger partial charge is 0.326 e. The van der Waals surface area contributed by atoms with Crippen molar-refractivity contribution < 1.29 is 9.59 Å². The van der Waals surface area contributed by atoms with Crippen LogP contribution in [0.15, 0.2) is 35.7 Å². The lowest BCUT2D eigenvalue weighted by molar-refractivity contribution is -0.115. The van der Waals surface area contributed by atoms with Gasteiger partial charge in [-0.25, -0.2) is 0 Å². The number of carbonyl (C=O) groups is 2. The molecule has 0 saturated carbocycles. The molecule has 0 aliphatic carbocycles. The Bertz CT molecular complexity index is 729. The topological polar surface area (TPSA) is 88.9 Å². The molecule has 0 spiro atoms. The summed E-state index contributed by atoms with van der Waals surface area (Å²) in [5.74, 6) is -0.236. The normalized spacial score (nSPS) is 11.8. The van der Waals surface area contributed by atoms with Gasteiger partial charge in [-0.1, -0.05) is 31.5 Å². The quantitative estimate of drug-likeness (QED) is 0.517. The Morgan fingerprint density at radius 2 is 1.81 bits per heavy atom. The van der Waals surface area contributed by atoms with E-state index in [0.717, 1.165) is 31.0 Å². The highest BCUT2D eigenvalue weighted by atomic mass is 32.2. The molecule has 0 saturated heterocycles. The van der Waals surface area contributed by atoms with E-state index in [1.165, 1.54) is 18.7 Å². The predicted octanol–water partition coefficient (Wildman–Crippen LogP) is 3.55. The molecule has 0 radical (unpaired) electrons. The van der Waals surface area contributed by atoms with Crippen LogP contribution >= 0.6 is 11.8 Å². The second-order valence-electron chi connectivity index (χ2n) is 6.02. The molecule has 2 amide bonds. The molecule has 0 aliphatic heterocycles. The molecule has 0 bridgehead atoms. The molecule has 1 atom stereocenters. The number of nitrogens with one attached hydrogen (secondary N) is 2. The van der Waals surface area contributed by atoms with E-state index in [4.69, 9.17) is 0 Å². The maximum Gasteiger partial charge on any atom is 0.237 e. The number of rotatable bonds is 9. The summed E-state index contributed by atoms with van der Waals surface area (Å²) >= 11 is 1.39. The third kappa shape index (κ3) is 6.18. The summed E-state index contributed by atoms with van der Waals surface area (Å²) in [4.78, 5) is 23.4. The van der Waals surface area contributed by atoms with Crippen molar-refractivity contribution >= 4 is 35.0 Å². The van der Waals surface area contributed by atoms with Gasteiger partial charge in [0.05, 0.1) is 5.25 Å². The van der Waals surface area contributed by atoms with Crippen LogP contribution in [-0.2, 0) is 16.1 Å². The van der Waals surface area contributed by atoms with Crippen molar-refractivity contribution in [1.29, 1.82) is 0 Å². The number of aromatic nitrogens is 3. The Morgan fingerprint density at radius 1 is 1.15 bits per heavy atom. The van der Waals surface area contributed by atoms with Gasteiger partial charge >= 0.3 is 0 Å². The second-order valence-corrected chi connectivity index (χ2v) is 7.33. The summed E-state index contributed by atoms with van der Waals surface area (Å²) in [6.07, 6.45) is 5.10. The fraction of sp³-hybridized carbons (Fsp3) is 0.444. The Labute approximate surface area is 158 Å². The van der Waals surface area contributed by atoms with Gasteiger partial charge in [-0.2, -0.15) is 0 Å². The van der Waals surface area contributed by atoms with Crippen LogP contribution in [0, 0.1) is 0 Å². The molecule has 1 aromatic heterocycles. The van der Waals surface area contributed by atoms with Crippen molar-refractivity contribution in [3.8, 4) is 0 Å². The zero-order valence-electron chi connectivity index (χ0n) is 15.4. The number of thioether (sulfide) groups is 1. The maximum absolute atomic E-state index is 12.4. The van der Waals surface area contributed by atoms with Crippen LogP contribution in [0.4, 0.5) is 11.4 Å². The fourth-order valence-electron chi connectivity index (χ4n) is 2.32. The average molecular weight is 375 g/mol. The Morgan fingerprint density at radius 3 is 2.42 bits per heavy atom. The number of nitrogens with zero attached hydrogens (tertiary/aromatic N) is 3. The van der Waals surface area contributed by atoms with Crippen molar-refractivity contribution in [3.05, 3.63) is 30.6 Å². The van der Waals surface area contributed by atoms with Gasteiger partial charge < -0.3 is 15.2 Å². The van der Waals surface area contributed by atoms with Gasteiger partial charge in [0.25, 0.3) is 0 Å². The van der Waals surface area contributed by atoms with Crippen LogP contribution in [0.5, 0.6) is 0 Å². The third-order valence-corrected chi connectivity index (χ3v) is 4.80. The Balaban J connectivity index is 1.89. The lowest BCUT2D eigenvalue weighted by atomic mass is 10.2. The van der Waals surface area contributed by atoms with Crippen molar-refractivity contribution in [3.63, 3.8) is 0 Å². The SMILES string of the molecule is CCCCCn1cnnc1S[C@H](C)C(=O)Nc1ccc(NC(C)=O)cc1. The van der Waals surface area contributed by atoms with Crippen molar-refractivity contribution in [2.24, 2.45) is 0 Å². The molecule has 140 valence electrons. The van der Waals surface area contributed by atoms with Crippen LogP contribution < -0.4 is 10.6 Å². The summed E-state index contributed by atoms with van der Waals surface area (Å²) in [6.45, 7) is 6.32. The molecule has 7 nitrogen and oxygen atoms in total. The molecule has 1 aromatic carbocycles. The minimum absolute atomic E-state index is 0.106. The monoisotopic (exact) mass is 375 g/mol. The minimum atomic E-state index is -0.306. The fourth-order valence-corrected chi connectivity index (χ4v) is 3.17. The molecule has 0 fully saturated rings. The summed E-state index contributed by atoms with van der Waals surface area (Å²) < 4.78 is 1.99. The van der Waals surface area contributed by atoms with Gasteiger partial charge in [-0.05, 0) is 37.6 Å². The second kappa shape index (κ2) is 9.96. The number of hydrogen-bond acceptors (Lipinski definition) is 5. The lowest BCUT2D eigenvalue weighted by Crippen LogP contribution is -2.23. The van der Waals surface area contributed by atoms with Gasteiger partial charge in [0.15, 0.2) is 5.16 Å². The van der Waals surface area contributed by atoms with E-state index in [1.807, 2.05) is 11.5 Å². The van der Waals surface area contributed by atoms with Gasteiger partial charge in [-0.3, -0.25) is 9.59 Å². The summed E-state index contributed by atoms with van der Waals surface area (Å²) in [7, 11) is 0. The first-order valence-corrected chi connectivity index (χ1v) is 9.60. The van der Waals surface area contributed by atoms with Crippen molar-refractivity contribution in [2.75, 3.05) is 10.6 Å². The molecule has 2 aromatic rings. The standard InChI is InChI=1S/C18H25N5O2S/c1-4-5-6-11-23-12-19-22-18(23)26-13(2)17(25)21-16-9-7-15(8-10-16)20-14(3)24/h7-10,12-13H,4-6,11H2,1-3H3,(H,20,24)(H,21,25)/t13-/m1/s1. The first-order chi connectivity index (χ1) is 12.5. The highest BCUT2D eigenvalue weighted by molar-refractivity contribution is 8.00. The van der Waals surface area contributed by atoms with Crippen LogP contribution in [-0.4, -0.2) is 31.8 Å². The number of hydrogen-bond donors (Lipinski definition) is 2. The molecule has 2 rings (SSSR count). The van der Waals surface area contributed by atoms with Crippen LogP contribution in [0.3, 0.4) is 0 Å². The average Bonchev–Trinajstić information content (AvgIpc) is 3.03. The molecule has 26 heavy (non-hydrogen) atoms. The molecule has 2 N–H and O–H groups in total. The molecular weight excluding hydrogens is 350 g/mol. The number of unbranched alkanes of at least 4 members (excludes halogenated alkanes) is 2. The highest BCUT2D eigenvalue weighted by Crippen LogP contribution is 2.23. The number of amides is 2. The summed E-state index contributed by atoms with van der Waals surface area (Å²) in [6, 6.07) is 7.01. The van der Waals surface area contributed by atoms with Gasteiger partial charge in [0.1, 0.15) is 6.33 Å². The van der Waals surface area contributed by atoms with E-state index in [0.29, 0.717) is 11.4 Å². The molecule has 0 unspecified atom stereocenters. The van der Waals surface area contributed by atoms with E-state index >= 15 is 0 Å². The van der Waals surface area contributed by atoms with E-state index in [1.54, 1.807) is 30.6 Å². The third-order valence-electron chi connectivity index (χ3n) is 3.71. The zero-order valence-corrected chi connectivity index (χ0v) is 16.2. The summed E-state index contributed by atoms with van der Waals surface area (Å²) in [5.41, 5.74) is 1.37. The van der Waals surface area contributed by atoms with E-state index < -0.39 is 0 Å². The Kier molecular flexibility index (Phi) is 7.65. The Hall–Kier alpha value is -2.35. The predicted molar refractivity (Wildman–Crippen MR) is 104 cm³/mol. The minimum Gasteiger partial charge on any atom is -0.326 e. The number of aryl methyl sites for hydroxylation is 1. The van der Waals surface area contributed by atoms with Crippen LogP contribution in [0.25, 0.3) is 0 Å². The molecular formula is C18H25N5O2S. The smallest absolute Gasteiger partial charge is 0.237 e. The van der Waals surface area contributed by atoms with Crippen molar-refractivity contribution in [1.82, 2.24) is 14.8 Å². The van der Waals surface area contributed by atoms with Crippen LogP contribution in [0.1, 0.15) is 40.0 Å². The highest BCUT2D eigenvalue weighted by Gasteiger charge is 2.18. The number of carbonyl (C=O) groups excluding carboxylic acids is 2. The van der Waals surface area contributed by atoms with Crippen LogP contribution in [0.2, 0.25) is 0 Å². The van der Waals surface area contributed by atoms with E-state index in [-0.39, 0.29) is 17.1 Å². The number of anilines is 2. The summed E-state index contributed by atoms with van der Waals surface area (Å²) in [5, 5.41) is 14.1. The van der Waals surface area contributed by atoms with Crippen molar-refractivity contribution in [2.45, 2.75) is 57.0 Å². The molecule has 8 heteroatoms. The van der Waals surface area contributed by atoms with E-state index in [2.05, 4.69) is 27.8 Å². The molecule has 0 aliphatic rings. The maximum atomic E-state index is 12.4. The first-order valence-electron chi connectivity index (χ1n) is 8.72. The lowest BCUT2D eigenvalue weighted by Gasteiger charge is -2.13. The zero-order chi connectivity index (χ0) is 18.9. The van der Waals surface area contributed by atoms with Gasteiger partial charge in [0.2, 0.25) is 11.8 Å². The van der Waals surface area contributed by atoms with Gasteiger partial charge in [0, 0.05) is 24.8 Å². The number of benzene rings is 1. The first kappa shape index (κ1) is 20.0. The van der Waals surface area contributed by atoms with E-state index in [9.17, 15) is 9.59 Å². The molecule has 1 heterocycles. The van der Waals surface area contributed by atoms with Gasteiger partial charge in [-0.15, -0.1) is 10.2 Å².